The molecule has 0 aromatic heterocycles. The Kier molecular flexibility index (Phi) is 4.70. The van der Waals surface area contributed by atoms with Crippen LogP contribution in [0.25, 0.3) is 0 Å². The second-order valence-corrected chi connectivity index (χ2v) is 5.80. The fourth-order valence-corrected chi connectivity index (χ4v) is 2.70. The van der Waals surface area contributed by atoms with Crippen LogP contribution in [-0.4, -0.2) is 16.0 Å². The van der Waals surface area contributed by atoms with Gasteiger partial charge in [0.15, 0.2) is 5.78 Å². The lowest BCUT2D eigenvalue weighted by molar-refractivity contribution is -0.384. The van der Waals surface area contributed by atoms with Crippen molar-refractivity contribution in [1.29, 1.82) is 0 Å². The van der Waals surface area contributed by atoms with E-state index in [4.69, 9.17) is 0 Å². The Balaban J connectivity index is 2.06. The number of Topliss-reactive ketones (excluding diaryl/α,β-unsaturated/α-hetero) is 1. The molecule has 0 heterocycles. The maximum atomic E-state index is 12.8. The number of thioether (sulfide) groups is 1. The number of non-ortho nitro benzene ring substituents is 1. The van der Waals surface area contributed by atoms with E-state index in [0.717, 1.165) is 4.90 Å². The standard InChI is InChI=1S/C15H12FNO3S/c1-10(15(18)11-2-4-12(16)5-3-11)21-14-8-6-13(7-9-14)17(19)20/h2-10H,1H3. The summed E-state index contributed by atoms with van der Waals surface area (Å²) >= 11 is 1.31. The van der Waals surface area contributed by atoms with Gasteiger partial charge in [-0.25, -0.2) is 4.39 Å². The molecule has 0 aliphatic rings. The van der Waals surface area contributed by atoms with Gasteiger partial charge in [-0.3, -0.25) is 14.9 Å². The molecule has 1 atom stereocenters. The number of ketones is 1. The highest BCUT2D eigenvalue weighted by atomic mass is 32.2. The van der Waals surface area contributed by atoms with Gasteiger partial charge in [-0.15, -0.1) is 11.8 Å². The molecule has 0 bridgehead atoms. The third-order valence-electron chi connectivity index (χ3n) is 2.86. The SMILES string of the molecule is CC(Sc1ccc([N+](=O)[O-])cc1)C(=O)c1ccc(F)cc1. The minimum absolute atomic E-state index is 0.0110. The average molecular weight is 305 g/mol. The molecular formula is C15H12FNO3S. The van der Waals surface area contributed by atoms with Gasteiger partial charge in [0.1, 0.15) is 5.82 Å². The van der Waals surface area contributed by atoms with Crippen LogP contribution in [0.5, 0.6) is 0 Å². The van der Waals surface area contributed by atoms with E-state index in [2.05, 4.69) is 0 Å². The summed E-state index contributed by atoms with van der Waals surface area (Å²) in [5.74, 6) is -0.499. The smallest absolute Gasteiger partial charge is 0.269 e. The van der Waals surface area contributed by atoms with Gasteiger partial charge in [0.25, 0.3) is 5.69 Å². The predicted molar refractivity (Wildman–Crippen MR) is 79.1 cm³/mol. The van der Waals surface area contributed by atoms with Crippen molar-refractivity contribution in [2.75, 3.05) is 0 Å². The van der Waals surface area contributed by atoms with Gasteiger partial charge in [0.05, 0.1) is 10.2 Å². The van der Waals surface area contributed by atoms with Crippen LogP contribution in [0.3, 0.4) is 0 Å². The van der Waals surface area contributed by atoms with Crippen molar-refractivity contribution in [3.05, 3.63) is 70.0 Å². The number of carbonyl (C=O) groups is 1. The molecule has 0 N–H and O–H groups in total. The summed E-state index contributed by atoms with van der Waals surface area (Å²) in [6, 6.07) is 11.4. The molecule has 2 aromatic rings. The topological polar surface area (TPSA) is 60.2 Å². The zero-order chi connectivity index (χ0) is 15.4. The van der Waals surface area contributed by atoms with Crippen LogP contribution in [0, 0.1) is 15.9 Å². The van der Waals surface area contributed by atoms with E-state index in [9.17, 15) is 19.3 Å². The van der Waals surface area contributed by atoms with Crippen molar-refractivity contribution in [1.82, 2.24) is 0 Å². The fraction of sp³-hybridized carbons (Fsp3) is 0.133. The lowest BCUT2D eigenvalue weighted by atomic mass is 10.1. The van der Waals surface area contributed by atoms with Crippen LogP contribution in [0.15, 0.2) is 53.4 Å². The number of nitro benzene ring substituents is 1. The molecular weight excluding hydrogens is 293 g/mol. The number of benzene rings is 2. The molecule has 4 nitrogen and oxygen atoms in total. The van der Waals surface area contributed by atoms with Gasteiger partial charge >= 0.3 is 0 Å². The number of halogens is 1. The maximum Gasteiger partial charge on any atom is 0.269 e. The molecule has 0 saturated heterocycles. The summed E-state index contributed by atoms with van der Waals surface area (Å²) in [4.78, 5) is 23.0. The highest BCUT2D eigenvalue weighted by Crippen LogP contribution is 2.27. The molecule has 2 aromatic carbocycles. The highest BCUT2D eigenvalue weighted by Gasteiger charge is 2.17. The zero-order valence-corrected chi connectivity index (χ0v) is 12.0. The predicted octanol–water partition coefficient (Wildman–Crippen LogP) is 4.10. The lowest BCUT2D eigenvalue weighted by Crippen LogP contribution is -2.13. The van der Waals surface area contributed by atoms with Crippen LogP contribution in [0.2, 0.25) is 0 Å². The van der Waals surface area contributed by atoms with E-state index in [1.165, 1.54) is 48.2 Å². The largest absolute Gasteiger partial charge is 0.293 e. The molecule has 0 spiro atoms. The van der Waals surface area contributed by atoms with Crippen LogP contribution >= 0.6 is 11.8 Å². The van der Waals surface area contributed by atoms with Gasteiger partial charge in [-0.2, -0.15) is 0 Å². The van der Waals surface area contributed by atoms with E-state index < -0.39 is 4.92 Å². The van der Waals surface area contributed by atoms with Crippen molar-refractivity contribution in [3.8, 4) is 0 Å². The summed E-state index contributed by atoms with van der Waals surface area (Å²) in [6.07, 6.45) is 0. The number of hydrogen-bond donors (Lipinski definition) is 0. The molecule has 0 aliphatic heterocycles. The first kappa shape index (κ1) is 15.2. The molecule has 0 fully saturated rings. The second kappa shape index (κ2) is 6.49. The zero-order valence-electron chi connectivity index (χ0n) is 11.2. The lowest BCUT2D eigenvalue weighted by Gasteiger charge is -2.10. The molecule has 1 unspecified atom stereocenters. The second-order valence-electron chi connectivity index (χ2n) is 4.38. The minimum Gasteiger partial charge on any atom is -0.293 e. The molecule has 0 saturated carbocycles. The minimum atomic E-state index is -0.471. The molecule has 108 valence electrons. The first-order valence-corrected chi connectivity index (χ1v) is 7.06. The normalized spacial score (nSPS) is 11.9. The Morgan fingerprint density at radius 3 is 2.24 bits per heavy atom. The van der Waals surface area contributed by atoms with Gasteiger partial charge in [0.2, 0.25) is 0 Å². The fourth-order valence-electron chi connectivity index (χ4n) is 1.75. The maximum absolute atomic E-state index is 12.8. The van der Waals surface area contributed by atoms with Crippen molar-refractivity contribution >= 4 is 23.2 Å². The van der Waals surface area contributed by atoms with E-state index in [1.807, 2.05) is 0 Å². The Morgan fingerprint density at radius 1 is 1.14 bits per heavy atom. The quantitative estimate of drug-likeness (QED) is 0.361. The molecule has 2 rings (SSSR count). The Morgan fingerprint density at radius 2 is 1.71 bits per heavy atom. The summed E-state index contributed by atoms with van der Waals surface area (Å²) in [7, 11) is 0. The van der Waals surface area contributed by atoms with E-state index >= 15 is 0 Å². The number of nitro groups is 1. The van der Waals surface area contributed by atoms with Gasteiger partial charge in [0, 0.05) is 22.6 Å². The summed E-state index contributed by atoms with van der Waals surface area (Å²) < 4.78 is 12.8. The molecule has 6 heteroatoms. The molecule has 0 radical (unpaired) electrons. The summed E-state index contributed by atoms with van der Waals surface area (Å²) in [5.41, 5.74) is 0.454. The summed E-state index contributed by atoms with van der Waals surface area (Å²) in [6.45, 7) is 1.75. The van der Waals surface area contributed by atoms with Crippen molar-refractivity contribution in [2.24, 2.45) is 0 Å². The molecule has 0 amide bonds. The van der Waals surface area contributed by atoms with Gasteiger partial charge < -0.3 is 0 Å². The third kappa shape index (κ3) is 3.88. The van der Waals surface area contributed by atoms with Crippen LogP contribution < -0.4 is 0 Å². The monoisotopic (exact) mass is 305 g/mol. The van der Waals surface area contributed by atoms with E-state index in [-0.39, 0.29) is 22.5 Å². The highest BCUT2D eigenvalue weighted by molar-refractivity contribution is 8.00. The van der Waals surface area contributed by atoms with E-state index in [0.29, 0.717) is 5.56 Å². The van der Waals surface area contributed by atoms with Crippen molar-refractivity contribution in [3.63, 3.8) is 0 Å². The molecule has 0 aliphatic carbocycles. The van der Waals surface area contributed by atoms with Crippen LogP contribution in [0.4, 0.5) is 10.1 Å². The van der Waals surface area contributed by atoms with Gasteiger partial charge in [-0.05, 0) is 43.3 Å². The Labute approximate surface area is 125 Å². The number of hydrogen-bond acceptors (Lipinski definition) is 4. The number of rotatable bonds is 5. The molecule has 21 heavy (non-hydrogen) atoms. The third-order valence-corrected chi connectivity index (χ3v) is 3.97. The number of nitrogens with zero attached hydrogens (tertiary/aromatic N) is 1. The van der Waals surface area contributed by atoms with E-state index in [1.54, 1.807) is 19.1 Å². The van der Waals surface area contributed by atoms with Crippen LogP contribution in [0.1, 0.15) is 17.3 Å². The first-order valence-electron chi connectivity index (χ1n) is 6.18. The van der Waals surface area contributed by atoms with Crippen LogP contribution in [-0.2, 0) is 0 Å². The Hall–Kier alpha value is -2.21. The average Bonchev–Trinajstić information content (AvgIpc) is 2.47. The first-order chi connectivity index (χ1) is 9.97. The van der Waals surface area contributed by atoms with Gasteiger partial charge in [-0.1, -0.05) is 0 Å². The van der Waals surface area contributed by atoms with Crippen molar-refractivity contribution in [2.45, 2.75) is 17.1 Å². The summed E-state index contributed by atoms with van der Waals surface area (Å²) in [5, 5.41) is 10.2. The number of carbonyl (C=O) groups excluding carboxylic acids is 1. The Bertz CT molecular complexity index is 656. The van der Waals surface area contributed by atoms with Crippen molar-refractivity contribution < 1.29 is 14.1 Å².